The Hall–Kier alpha value is -0.0200. The van der Waals surface area contributed by atoms with E-state index in [1.165, 1.54) is 6.92 Å². The lowest BCUT2D eigenvalue weighted by Gasteiger charge is -2.26. The molecule has 0 aromatic carbocycles. The lowest BCUT2D eigenvalue weighted by atomic mass is 9.95. The molecular weight excluding hydrogens is 203 g/mol. The molecule has 4 nitrogen and oxygen atoms in total. The molecule has 4 atom stereocenters. The normalized spacial score (nSPS) is 31.2. The van der Waals surface area contributed by atoms with Crippen molar-refractivity contribution in [1.29, 1.82) is 0 Å². The molecule has 1 N–H and O–H groups in total. The van der Waals surface area contributed by atoms with Crippen LogP contribution >= 0.6 is 8.03 Å². The first kappa shape index (κ1) is 12.1. The summed E-state index contributed by atoms with van der Waals surface area (Å²) in [5.74, 6) is -0.899. The molecule has 4 unspecified atom stereocenters. The highest BCUT2D eigenvalue weighted by Gasteiger charge is 2.36. The van der Waals surface area contributed by atoms with E-state index < -0.39 is 13.9 Å². The maximum Gasteiger partial charge on any atom is 0.540 e. The van der Waals surface area contributed by atoms with Gasteiger partial charge in [0, 0.05) is 14.0 Å². The van der Waals surface area contributed by atoms with E-state index in [0.717, 1.165) is 25.7 Å². The topological polar surface area (TPSA) is 55.8 Å². The van der Waals surface area contributed by atoms with E-state index in [4.69, 9.17) is 14.4 Å². The number of aliphatic hydroxyl groups is 1. The third-order valence-corrected chi connectivity index (χ3v) is 3.58. The number of methoxy groups -OCH3 is 1. The second-order valence-electron chi connectivity index (χ2n) is 3.62. The summed E-state index contributed by atoms with van der Waals surface area (Å²) in [6.07, 6.45) is 3.93. The molecule has 0 heterocycles. The van der Waals surface area contributed by atoms with E-state index >= 15 is 0 Å². The quantitative estimate of drug-likeness (QED) is 0.738. The molecule has 0 bridgehead atoms. The number of ether oxygens (including phenoxy) is 1. The smallest absolute Gasteiger partial charge is 0.379 e. The summed E-state index contributed by atoms with van der Waals surface area (Å²) in [5, 5.41) is 9.06. The molecule has 1 saturated carbocycles. The summed E-state index contributed by atoms with van der Waals surface area (Å²) in [5.41, 5.74) is 0. The second kappa shape index (κ2) is 5.76. The van der Waals surface area contributed by atoms with Gasteiger partial charge >= 0.3 is 8.03 Å². The molecule has 0 aromatic rings. The Bertz CT molecular complexity index is 195. The van der Waals surface area contributed by atoms with Crippen molar-refractivity contribution in [1.82, 2.24) is 0 Å². The highest BCUT2D eigenvalue weighted by molar-refractivity contribution is 7.39. The van der Waals surface area contributed by atoms with Crippen LogP contribution in [0.2, 0.25) is 0 Å². The minimum absolute atomic E-state index is 0.0291. The van der Waals surface area contributed by atoms with Gasteiger partial charge in [0.15, 0.2) is 0 Å². The Kier molecular flexibility index (Phi) is 4.96. The van der Waals surface area contributed by atoms with Gasteiger partial charge in [-0.3, -0.25) is 0 Å². The first-order valence-corrected chi connectivity index (χ1v) is 6.24. The summed E-state index contributed by atoms with van der Waals surface area (Å²) >= 11 is 0. The van der Waals surface area contributed by atoms with Gasteiger partial charge in [-0.15, -0.1) is 4.52 Å². The molecule has 0 spiro atoms. The fourth-order valence-electron chi connectivity index (χ4n) is 1.67. The summed E-state index contributed by atoms with van der Waals surface area (Å²) in [6, 6.07) is 0. The maximum absolute atomic E-state index is 11.3. The van der Waals surface area contributed by atoms with E-state index in [1.807, 2.05) is 0 Å². The lowest BCUT2D eigenvalue weighted by Crippen LogP contribution is -2.32. The van der Waals surface area contributed by atoms with Gasteiger partial charge in [0.1, 0.15) is 6.10 Å². The van der Waals surface area contributed by atoms with E-state index in [0.29, 0.717) is 0 Å². The average Bonchev–Trinajstić information content (AvgIpc) is 2.18. The van der Waals surface area contributed by atoms with Gasteiger partial charge in [-0.1, -0.05) is 12.8 Å². The molecule has 1 rings (SSSR count). The molecule has 0 amide bonds. The first-order chi connectivity index (χ1) is 6.65. The number of hydrogen-bond donors (Lipinski definition) is 1. The molecule has 0 aliphatic heterocycles. The summed E-state index contributed by atoms with van der Waals surface area (Å²) in [6.45, 7) is 1.48. The molecule has 1 aliphatic carbocycles. The van der Waals surface area contributed by atoms with Gasteiger partial charge in [0.05, 0.1) is 6.10 Å². The zero-order valence-electron chi connectivity index (χ0n) is 8.68. The van der Waals surface area contributed by atoms with Crippen molar-refractivity contribution in [2.24, 2.45) is 0 Å². The monoisotopic (exact) mass is 221 g/mol. The van der Waals surface area contributed by atoms with Crippen molar-refractivity contribution < 1.29 is 18.9 Å². The zero-order valence-corrected chi connectivity index (χ0v) is 9.57. The molecule has 14 heavy (non-hydrogen) atoms. The van der Waals surface area contributed by atoms with Gasteiger partial charge in [-0.05, 0) is 17.4 Å². The summed E-state index contributed by atoms with van der Waals surface area (Å²) < 4.78 is 21.8. The largest absolute Gasteiger partial charge is 0.540 e. The van der Waals surface area contributed by atoms with Gasteiger partial charge < -0.3 is 9.84 Å². The van der Waals surface area contributed by atoms with Crippen LogP contribution in [0.1, 0.15) is 32.6 Å². The van der Waals surface area contributed by atoms with E-state index in [9.17, 15) is 4.57 Å². The molecular formula is C9H18O4P+. The molecule has 1 aliphatic rings. The Morgan fingerprint density at radius 3 is 2.43 bits per heavy atom. The first-order valence-electron chi connectivity index (χ1n) is 4.99. The van der Waals surface area contributed by atoms with Crippen LogP contribution in [-0.2, 0) is 13.8 Å². The van der Waals surface area contributed by atoms with Crippen molar-refractivity contribution in [3.63, 3.8) is 0 Å². The molecule has 0 aromatic heterocycles. The molecule has 0 radical (unpaired) electrons. The minimum Gasteiger partial charge on any atom is -0.379 e. The van der Waals surface area contributed by atoms with Crippen LogP contribution in [0, 0.1) is 0 Å². The number of hydrogen-bond acceptors (Lipinski definition) is 4. The van der Waals surface area contributed by atoms with E-state index in [-0.39, 0.29) is 12.2 Å². The van der Waals surface area contributed by atoms with Gasteiger partial charge in [0.25, 0.3) is 5.85 Å². The summed E-state index contributed by atoms with van der Waals surface area (Å²) in [7, 11) is -0.329. The fraction of sp³-hybridized carbons (Fsp3) is 1.00. The lowest BCUT2D eigenvalue weighted by molar-refractivity contribution is -0.0217. The van der Waals surface area contributed by atoms with Crippen LogP contribution in [0.25, 0.3) is 0 Å². The van der Waals surface area contributed by atoms with Crippen molar-refractivity contribution in [2.75, 3.05) is 7.11 Å². The third-order valence-electron chi connectivity index (χ3n) is 2.49. The molecule has 1 fully saturated rings. The Morgan fingerprint density at radius 2 is 1.93 bits per heavy atom. The predicted molar refractivity (Wildman–Crippen MR) is 53.4 cm³/mol. The van der Waals surface area contributed by atoms with Gasteiger partial charge in [-0.25, -0.2) is 0 Å². The SMILES string of the molecule is COC1CCCCC1O[P+](=O)C(C)O. The van der Waals surface area contributed by atoms with Crippen LogP contribution in [0.3, 0.4) is 0 Å². The highest BCUT2D eigenvalue weighted by Crippen LogP contribution is 2.35. The molecule has 5 heteroatoms. The third kappa shape index (κ3) is 3.28. The van der Waals surface area contributed by atoms with Crippen LogP contribution in [0.5, 0.6) is 0 Å². The molecule has 82 valence electrons. The van der Waals surface area contributed by atoms with E-state index in [2.05, 4.69) is 0 Å². The zero-order chi connectivity index (χ0) is 10.6. The van der Waals surface area contributed by atoms with Crippen LogP contribution in [-0.4, -0.2) is 30.3 Å². The maximum atomic E-state index is 11.3. The Morgan fingerprint density at radius 1 is 1.36 bits per heavy atom. The minimum atomic E-state index is -1.97. The Balaban J connectivity index is 2.44. The van der Waals surface area contributed by atoms with Crippen molar-refractivity contribution in [3.05, 3.63) is 0 Å². The van der Waals surface area contributed by atoms with Crippen molar-refractivity contribution in [2.45, 2.75) is 50.7 Å². The standard InChI is InChI=1S/C9H18O4P/c1-7(10)14(11)13-9-6-4-3-5-8(9)12-2/h7-10H,3-6H2,1-2H3/q+1. The average molecular weight is 221 g/mol. The van der Waals surface area contributed by atoms with Gasteiger partial charge in [-0.2, -0.15) is 0 Å². The predicted octanol–water partition coefficient (Wildman–Crippen LogP) is 2.04. The van der Waals surface area contributed by atoms with Crippen molar-refractivity contribution in [3.8, 4) is 0 Å². The highest BCUT2D eigenvalue weighted by atomic mass is 31.1. The van der Waals surface area contributed by atoms with Crippen LogP contribution < -0.4 is 0 Å². The van der Waals surface area contributed by atoms with Crippen LogP contribution in [0.4, 0.5) is 0 Å². The van der Waals surface area contributed by atoms with Crippen LogP contribution in [0.15, 0.2) is 0 Å². The number of rotatable bonds is 4. The van der Waals surface area contributed by atoms with Gasteiger partial charge in [0.2, 0.25) is 0 Å². The number of aliphatic hydroxyl groups excluding tert-OH is 1. The molecule has 0 saturated heterocycles. The fourth-order valence-corrected chi connectivity index (χ4v) is 2.36. The van der Waals surface area contributed by atoms with E-state index in [1.54, 1.807) is 7.11 Å². The Labute approximate surface area is 85.5 Å². The van der Waals surface area contributed by atoms with Crippen molar-refractivity contribution >= 4 is 8.03 Å². The second-order valence-corrected chi connectivity index (χ2v) is 5.15. The summed E-state index contributed by atoms with van der Waals surface area (Å²) in [4.78, 5) is 0.